The molecule has 31 heavy (non-hydrogen) atoms. The number of fused-ring (bicyclic) bond motifs is 2. The summed E-state index contributed by atoms with van der Waals surface area (Å²) in [5.41, 5.74) is 3.52. The summed E-state index contributed by atoms with van der Waals surface area (Å²) in [6.45, 7) is 1.86. The molecule has 0 spiro atoms. The molecule has 2 aromatic heterocycles. The largest absolute Gasteiger partial charge is 0.323 e. The Morgan fingerprint density at radius 2 is 1.90 bits per heavy atom. The molecule has 4 aromatic rings. The fraction of sp³-hybridized carbons (Fsp3) is 0.130. The third-order valence-electron chi connectivity index (χ3n) is 5.09. The van der Waals surface area contributed by atoms with Crippen LogP contribution in [0, 0.1) is 0 Å². The molecule has 5 rings (SSSR count). The molecule has 1 atom stereocenters. The molecule has 8 heteroatoms. The molecule has 1 aliphatic rings. The second-order valence-electron chi connectivity index (χ2n) is 7.12. The van der Waals surface area contributed by atoms with Crippen LogP contribution in [-0.4, -0.2) is 33.6 Å². The minimum Gasteiger partial charge on any atom is -0.323 e. The first kappa shape index (κ1) is 19.7. The summed E-state index contributed by atoms with van der Waals surface area (Å²) < 4.78 is 0. The summed E-state index contributed by atoms with van der Waals surface area (Å²) in [6.07, 6.45) is 1.54. The van der Waals surface area contributed by atoms with E-state index in [-0.39, 0.29) is 18.4 Å². The first-order chi connectivity index (χ1) is 15.1. The monoisotopic (exact) mass is 446 g/mol. The molecule has 0 aliphatic carbocycles. The second kappa shape index (κ2) is 8.13. The standard InChI is InChI=1S/C23H18N4O2S2/c1-14(23(29)27-11-19(28)26-17-9-5-6-10-18(17)27)31-22-20-16(15-7-3-2-4-8-15)12-30-21(20)24-13-25-22/h2-10,12-14H,11H2,1H3,(H,26,28). The Morgan fingerprint density at radius 1 is 1.13 bits per heavy atom. The van der Waals surface area contributed by atoms with Crippen LogP contribution in [0.3, 0.4) is 0 Å². The summed E-state index contributed by atoms with van der Waals surface area (Å²) in [5.74, 6) is -0.326. The highest BCUT2D eigenvalue weighted by molar-refractivity contribution is 8.00. The van der Waals surface area contributed by atoms with E-state index in [0.717, 1.165) is 26.4 Å². The highest BCUT2D eigenvalue weighted by atomic mass is 32.2. The van der Waals surface area contributed by atoms with Crippen LogP contribution in [0.4, 0.5) is 11.4 Å². The number of rotatable bonds is 4. The van der Waals surface area contributed by atoms with E-state index in [0.29, 0.717) is 11.4 Å². The lowest BCUT2D eigenvalue weighted by molar-refractivity contribution is -0.121. The maximum absolute atomic E-state index is 13.3. The van der Waals surface area contributed by atoms with Crippen LogP contribution in [0.2, 0.25) is 0 Å². The van der Waals surface area contributed by atoms with E-state index < -0.39 is 5.25 Å². The average Bonchev–Trinajstić information content (AvgIpc) is 3.24. The van der Waals surface area contributed by atoms with E-state index in [1.54, 1.807) is 22.3 Å². The second-order valence-corrected chi connectivity index (χ2v) is 9.31. The summed E-state index contributed by atoms with van der Waals surface area (Å²) in [4.78, 5) is 36.8. The Balaban J connectivity index is 1.47. The van der Waals surface area contributed by atoms with Crippen molar-refractivity contribution in [2.45, 2.75) is 17.2 Å². The molecule has 0 radical (unpaired) electrons. The van der Waals surface area contributed by atoms with Crippen LogP contribution in [0.5, 0.6) is 0 Å². The number of carbonyl (C=O) groups excluding carboxylic acids is 2. The molecule has 0 saturated heterocycles. The van der Waals surface area contributed by atoms with Crippen molar-refractivity contribution < 1.29 is 9.59 Å². The van der Waals surface area contributed by atoms with E-state index in [4.69, 9.17) is 0 Å². The van der Waals surface area contributed by atoms with Gasteiger partial charge in [0.2, 0.25) is 11.8 Å². The lowest BCUT2D eigenvalue weighted by Gasteiger charge is -2.30. The van der Waals surface area contributed by atoms with Crippen LogP contribution in [0.15, 0.2) is 71.3 Å². The zero-order valence-corrected chi connectivity index (χ0v) is 18.2. The number of nitrogens with one attached hydrogen (secondary N) is 1. The minimum absolute atomic E-state index is 0.00759. The van der Waals surface area contributed by atoms with Gasteiger partial charge < -0.3 is 5.32 Å². The van der Waals surface area contributed by atoms with Crippen molar-refractivity contribution in [2.24, 2.45) is 0 Å². The number of carbonyl (C=O) groups is 2. The van der Waals surface area contributed by atoms with Gasteiger partial charge in [-0.15, -0.1) is 11.3 Å². The molecule has 3 heterocycles. The molecule has 1 N–H and O–H groups in total. The number of aromatic nitrogens is 2. The van der Waals surface area contributed by atoms with Gasteiger partial charge in [-0.1, -0.05) is 54.2 Å². The normalized spacial score (nSPS) is 14.2. The fourth-order valence-electron chi connectivity index (χ4n) is 3.63. The van der Waals surface area contributed by atoms with Gasteiger partial charge in [-0.05, 0) is 24.6 Å². The first-order valence-corrected chi connectivity index (χ1v) is 11.5. The van der Waals surface area contributed by atoms with Gasteiger partial charge in [-0.3, -0.25) is 14.5 Å². The summed E-state index contributed by atoms with van der Waals surface area (Å²) in [6, 6.07) is 17.4. The van der Waals surface area contributed by atoms with E-state index in [2.05, 4.69) is 32.8 Å². The number of thioether (sulfide) groups is 1. The molecule has 1 unspecified atom stereocenters. The minimum atomic E-state index is -0.430. The highest BCUT2D eigenvalue weighted by Gasteiger charge is 2.30. The van der Waals surface area contributed by atoms with Crippen molar-refractivity contribution in [2.75, 3.05) is 16.8 Å². The Bertz CT molecular complexity index is 1290. The Kier molecular flexibility index (Phi) is 5.17. The van der Waals surface area contributed by atoms with Crippen LogP contribution in [0.25, 0.3) is 21.3 Å². The number of benzene rings is 2. The van der Waals surface area contributed by atoms with Gasteiger partial charge in [-0.25, -0.2) is 9.97 Å². The predicted molar refractivity (Wildman–Crippen MR) is 126 cm³/mol. The van der Waals surface area contributed by atoms with Crippen molar-refractivity contribution in [1.29, 1.82) is 0 Å². The van der Waals surface area contributed by atoms with Gasteiger partial charge in [0.05, 0.1) is 22.0 Å². The molecule has 154 valence electrons. The van der Waals surface area contributed by atoms with Crippen molar-refractivity contribution in [3.63, 3.8) is 0 Å². The Hall–Kier alpha value is -3.23. The Labute approximate surface area is 187 Å². The van der Waals surface area contributed by atoms with Gasteiger partial charge in [-0.2, -0.15) is 0 Å². The van der Waals surface area contributed by atoms with E-state index in [9.17, 15) is 9.59 Å². The lowest BCUT2D eigenvalue weighted by atomic mass is 10.1. The molecule has 2 amide bonds. The average molecular weight is 447 g/mol. The van der Waals surface area contributed by atoms with Crippen LogP contribution >= 0.6 is 23.1 Å². The third kappa shape index (κ3) is 3.68. The first-order valence-electron chi connectivity index (χ1n) is 9.76. The van der Waals surface area contributed by atoms with E-state index in [1.807, 2.05) is 43.3 Å². The zero-order valence-electron chi connectivity index (χ0n) is 16.6. The molecule has 6 nitrogen and oxygen atoms in total. The lowest BCUT2D eigenvalue weighted by Crippen LogP contribution is -2.45. The van der Waals surface area contributed by atoms with Crippen molar-refractivity contribution in [3.05, 3.63) is 66.3 Å². The van der Waals surface area contributed by atoms with Crippen molar-refractivity contribution in [1.82, 2.24) is 9.97 Å². The van der Waals surface area contributed by atoms with Gasteiger partial charge >= 0.3 is 0 Å². The zero-order chi connectivity index (χ0) is 21.4. The summed E-state index contributed by atoms with van der Waals surface area (Å²) >= 11 is 2.96. The number of amides is 2. The van der Waals surface area contributed by atoms with Crippen molar-refractivity contribution in [3.8, 4) is 11.1 Å². The van der Waals surface area contributed by atoms with E-state index >= 15 is 0 Å². The number of nitrogens with zero attached hydrogens (tertiary/aromatic N) is 3. The van der Waals surface area contributed by atoms with Gasteiger partial charge in [0.25, 0.3) is 0 Å². The van der Waals surface area contributed by atoms with Gasteiger partial charge in [0.15, 0.2) is 0 Å². The van der Waals surface area contributed by atoms with Crippen LogP contribution in [0.1, 0.15) is 6.92 Å². The van der Waals surface area contributed by atoms with Crippen LogP contribution in [-0.2, 0) is 9.59 Å². The molecule has 1 aliphatic heterocycles. The molecular formula is C23H18N4O2S2. The van der Waals surface area contributed by atoms with Crippen molar-refractivity contribution >= 4 is 56.5 Å². The van der Waals surface area contributed by atoms with E-state index in [1.165, 1.54) is 18.1 Å². The molecular weight excluding hydrogens is 428 g/mol. The van der Waals surface area contributed by atoms with Gasteiger partial charge in [0.1, 0.15) is 22.7 Å². The quantitative estimate of drug-likeness (QED) is 0.359. The maximum Gasteiger partial charge on any atom is 0.244 e. The summed E-state index contributed by atoms with van der Waals surface area (Å²) in [7, 11) is 0. The number of hydrogen-bond acceptors (Lipinski definition) is 6. The molecule has 0 bridgehead atoms. The van der Waals surface area contributed by atoms with Crippen LogP contribution < -0.4 is 10.2 Å². The number of para-hydroxylation sites is 2. The highest BCUT2D eigenvalue weighted by Crippen LogP contribution is 2.39. The SMILES string of the molecule is CC(Sc1ncnc2scc(-c3ccccc3)c12)C(=O)N1CC(=O)Nc2ccccc21. The number of thiophene rings is 1. The predicted octanol–water partition coefficient (Wildman–Crippen LogP) is 4.82. The summed E-state index contributed by atoms with van der Waals surface area (Å²) in [5, 5.41) is 6.19. The van der Waals surface area contributed by atoms with Gasteiger partial charge in [0, 0.05) is 10.9 Å². The smallest absolute Gasteiger partial charge is 0.244 e. The Morgan fingerprint density at radius 3 is 2.74 bits per heavy atom. The molecule has 0 saturated carbocycles. The third-order valence-corrected chi connectivity index (χ3v) is 7.07. The molecule has 0 fully saturated rings. The number of anilines is 2. The molecule has 2 aromatic carbocycles. The topological polar surface area (TPSA) is 75.2 Å². The maximum atomic E-state index is 13.3. The fourth-order valence-corrected chi connectivity index (χ4v) is 5.61. The number of hydrogen-bond donors (Lipinski definition) is 1.